The predicted octanol–water partition coefficient (Wildman–Crippen LogP) is 4.63. The van der Waals surface area contributed by atoms with Crippen LogP contribution in [-0.4, -0.2) is 39.5 Å². The van der Waals surface area contributed by atoms with E-state index in [4.69, 9.17) is 7.06 Å². The van der Waals surface area contributed by atoms with Gasteiger partial charge >= 0.3 is 162 Å². The first-order valence-corrected chi connectivity index (χ1v) is 13.1. The van der Waals surface area contributed by atoms with Gasteiger partial charge in [-0.3, -0.25) is 0 Å². The molecule has 2 aliphatic heterocycles. The Hall–Kier alpha value is -1.20. The molecule has 4 atom stereocenters. The number of hydrogen-bond donors (Lipinski definition) is 0. The second-order valence-corrected chi connectivity index (χ2v) is 11.9. The first-order valence-electron chi connectivity index (χ1n) is 10.0. The maximum absolute atomic E-state index is 6.63. The summed E-state index contributed by atoms with van der Waals surface area (Å²) in [5.41, 5.74) is 2.45. The summed E-state index contributed by atoms with van der Waals surface area (Å²) in [6, 6.07) is 19.7. The molecule has 5 rings (SSSR count). The van der Waals surface area contributed by atoms with Gasteiger partial charge in [-0.05, 0) is 0 Å². The molecule has 0 aromatic heterocycles. The molecule has 134 valence electrons. The van der Waals surface area contributed by atoms with E-state index >= 15 is 0 Å². The van der Waals surface area contributed by atoms with Gasteiger partial charge in [0, 0.05) is 0 Å². The average Bonchev–Trinajstić information content (AvgIpc) is 3.06. The van der Waals surface area contributed by atoms with Crippen LogP contribution in [-0.2, 0) is 3.53 Å². The van der Waals surface area contributed by atoms with Crippen molar-refractivity contribution in [1.82, 2.24) is 3.61 Å². The molecule has 4 heteroatoms. The van der Waals surface area contributed by atoms with Gasteiger partial charge in [0.15, 0.2) is 0 Å². The third-order valence-electron chi connectivity index (χ3n) is 6.47. The van der Waals surface area contributed by atoms with Crippen LogP contribution in [0.15, 0.2) is 54.6 Å². The molecule has 2 aromatic rings. The zero-order chi connectivity index (χ0) is 17.5. The molecule has 2 aromatic carbocycles. The predicted molar refractivity (Wildman–Crippen MR) is 105 cm³/mol. The van der Waals surface area contributed by atoms with E-state index in [1.165, 1.54) is 43.4 Å². The van der Waals surface area contributed by atoms with Gasteiger partial charge in [0.25, 0.3) is 0 Å². The van der Waals surface area contributed by atoms with Gasteiger partial charge in [-0.1, -0.05) is 0 Å². The number of piperidine rings is 1. The van der Waals surface area contributed by atoms with Crippen molar-refractivity contribution in [2.45, 2.75) is 44.8 Å². The number of nitrogens with zero attached hydrogens (tertiary/aromatic N) is 1. The first kappa shape index (κ1) is 16.9. The third-order valence-corrected chi connectivity index (χ3v) is 11.0. The Balaban J connectivity index is 1.38. The van der Waals surface area contributed by atoms with E-state index in [-0.39, 0.29) is 0 Å². The fraction of sp³-hybridized carbons (Fsp3) is 0.455. The summed E-state index contributed by atoms with van der Waals surface area (Å²) in [5.74, 6) is 2.48. The topological polar surface area (TPSA) is 21.7 Å². The van der Waals surface area contributed by atoms with E-state index in [1.54, 1.807) is 0 Å². The van der Waals surface area contributed by atoms with Crippen LogP contribution in [0.1, 0.15) is 32.6 Å². The van der Waals surface area contributed by atoms with Crippen LogP contribution in [0.4, 0.5) is 0 Å². The van der Waals surface area contributed by atoms with Crippen molar-refractivity contribution in [2.75, 3.05) is 6.54 Å². The summed E-state index contributed by atoms with van der Waals surface area (Å²) >= 11 is -2.40. The number of rotatable bonds is 3. The maximum atomic E-state index is 6.63. The quantitative estimate of drug-likeness (QED) is 0.695. The normalized spacial score (nSPS) is 30.9. The zero-order valence-electron chi connectivity index (χ0n) is 15.4. The second-order valence-electron chi connectivity index (χ2n) is 8.10. The van der Waals surface area contributed by atoms with E-state index in [0.717, 1.165) is 11.7 Å². The molecule has 1 aliphatic carbocycles. The van der Waals surface area contributed by atoms with E-state index in [9.17, 15) is 0 Å². The van der Waals surface area contributed by atoms with E-state index in [1.807, 2.05) is 0 Å². The van der Waals surface area contributed by atoms with Crippen LogP contribution in [0, 0.1) is 11.8 Å². The summed E-state index contributed by atoms with van der Waals surface area (Å²) in [7, 11) is 0. The summed E-state index contributed by atoms with van der Waals surface area (Å²) in [6.07, 6.45) is 5.79. The molecule has 3 fully saturated rings. The fourth-order valence-electron chi connectivity index (χ4n) is 5.14. The SMILES string of the molecule is CC1CCC2CCC[N]3C2C1[O][Ga]3[O]c1cccc(-c2ccccc2)c1. The molecule has 3 nitrogen and oxygen atoms in total. The number of hydrogen-bond acceptors (Lipinski definition) is 3. The van der Waals surface area contributed by atoms with Gasteiger partial charge < -0.3 is 0 Å². The molecule has 2 heterocycles. The summed E-state index contributed by atoms with van der Waals surface area (Å²) in [5, 5.41) is 0. The second kappa shape index (κ2) is 7.08. The van der Waals surface area contributed by atoms with E-state index in [2.05, 4.69) is 65.1 Å². The van der Waals surface area contributed by atoms with E-state index < -0.39 is 17.2 Å². The molecule has 0 radical (unpaired) electrons. The third kappa shape index (κ3) is 3.03. The van der Waals surface area contributed by atoms with Gasteiger partial charge in [0.2, 0.25) is 0 Å². The zero-order valence-corrected chi connectivity index (χ0v) is 17.8. The minimum atomic E-state index is -2.40. The van der Waals surface area contributed by atoms with Gasteiger partial charge in [-0.2, -0.15) is 0 Å². The van der Waals surface area contributed by atoms with Crippen LogP contribution in [0.5, 0.6) is 5.75 Å². The molecular weight excluding hydrogens is 380 g/mol. The fourth-order valence-corrected chi connectivity index (χ4v) is 10.4. The molecule has 26 heavy (non-hydrogen) atoms. The van der Waals surface area contributed by atoms with Gasteiger partial charge in [-0.25, -0.2) is 0 Å². The summed E-state index contributed by atoms with van der Waals surface area (Å²) < 4.78 is 15.9. The molecule has 3 aliphatic rings. The van der Waals surface area contributed by atoms with Crippen molar-refractivity contribution < 1.29 is 7.06 Å². The Morgan fingerprint density at radius 3 is 2.73 bits per heavy atom. The van der Waals surface area contributed by atoms with Crippen molar-refractivity contribution >= 4 is 17.2 Å². The molecule has 0 amide bonds. The molecule has 4 unspecified atom stereocenters. The van der Waals surface area contributed by atoms with Gasteiger partial charge in [0.05, 0.1) is 0 Å². The number of benzene rings is 2. The molecular formula is C22H26GaNO2. The van der Waals surface area contributed by atoms with Gasteiger partial charge in [-0.15, -0.1) is 0 Å². The van der Waals surface area contributed by atoms with Crippen molar-refractivity contribution in [3.05, 3.63) is 54.6 Å². The Morgan fingerprint density at radius 2 is 1.85 bits per heavy atom. The van der Waals surface area contributed by atoms with Crippen LogP contribution in [0.3, 0.4) is 0 Å². The van der Waals surface area contributed by atoms with Crippen molar-refractivity contribution in [2.24, 2.45) is 11.8 Å². The summed E-state index contributed by atoms with van der Waals surface area (Å²) in [4.78, 5) is 0. The van der Waals surface area contributed by atoms with Crippen molar-refractivity contribution in [1.29, 1.82) is 0 Å². The Labute approximate surface area is 162 Å². The first-order chi connectivity index (χ1) is 12.8. The minimum absolute atomic E-state index is 0.413. The Bertz CT molecular complexity index is 768. The van der Waals surface area contributed by atoms with Crippen LogP contribution in [0.2, 0.25) is 0 Å². The molecule has 0 spiro atoms. The van der Waals surface area contributed by atoms with Crippen molar-refractivity contribution in [3.63, 3.8) is 0 Å². The average molecular weight is 406 g/mol. The van der Waals surface area contributed by atoms with Crippen LogP contribution >= 0.6 is 0 Å². The van der Waals surface area contributed by atoms with Crippen molar-refractivity contribution in [3.8, 4) is 16.9 Å². The van der Waals surface area contributed by atoms with Crippen LogP contribution < -0.4 is 3.53 Å². The van der Waals surface area contributed by atoms with Crippen LogP contribution in [0.25, 0.3) is 11.1 Å². The molecule has 0 N–H and O–H groups in total. The Morgan fingerprint density at radius 1 is 1.00 bits per heavy atom. The molecule has 1 saturated carbocycles. The molecule has 0 bridgehead atoms. The molecule has 2 saturated heterocycles. The van der Waals surface area contributed by atoms with Gasteiger partial charge in [0.1, 0.15) is 0 Å². The van der Waals surface area contributed by atoms with E-state index in [0.29, 0.717) is 18.1 Å². The monoisotopic (exact) mass is 405 g/mol. The Kier molecular flexibility index (Phi) is 4.61. The standard InChI is InChI=1S/C12H10O.C10H17NO.Ga/c13-12-8-4-7-11(9-12)10-5-2-1-3-6-10;1-7-4-5-8-3-2-6-11-9(8)10(7)12;/h1-9,13H;7-10H,2-6H2,1H3;/q;-2;+3/p-1. The summed E-state index contributed by atoms with van der Waals surface area (Å²) in [6.45, 7) is 3.54.